The van der Waals surface area contributed by atoms with Crippen LogP contribution in [-0.4, -0.2) is 23.0 Å². The van der Waals surface area contributed by atoms with Crippen LogP contribution in [0, 0.1) is 0 Å². The maximum absolute atomic E-state index is 11.2. The number of hydrogen-bond donors (Lipinski definition) is 2. The SMILES string of the molecule is CC(C)(C)OC(=O)N/N=C/c1ccccc1O. The van der Waals surface area contributed by atoms with Crippen molar-refractivity contribution >= 4 is 12.3 Å². The van der Waals surface area contributed by atoms with Crippen molar-refractivity contribution in [2.24, 2.45) is 5.10 Å². The van der Waals surface area contributed by atoms with Crippen LogP contribution in [-0.2, 0) is 4.74 Å². The summed E-state index contributed by atoms with van der Waals surface area (Å²) in [5.41, 5.74) is 2.17. The summed E-state index contributed by atoms with van der Waals surface area (Å²) in [6.45, 7) is 5.29. The molecule has 0 bridgehead atoms. The number of carbonyl (C=O) groups is 1. The van der Waals surface area contributed by atoms with Gasteiger partial charge in [0.1, 0.15) is 11.4 Å². The van der Waals surface area contributed by atoms with E-state index in [1.165, 1.54) is 12.3 Å². The molecule has 5 heteroatoms. The zero-order valence-corrected chi connectivity index (χ0v) is 10.1. The Balaban J connectivity index is 2.51. The first-order valence-electron chi connectivity index (χ1n) is 5.18. The highest BCUT2D eigenvalue weighted by Crippen LogP contribution is 2.12. The highest BCUT2D eigenvalue weighted by molar-refractivity contribution is 5.84. The summed E-state index contributed by atoms with van der Waals surface area (Å²) >= 11 is 0. The lowest BCUT2D eigenvalue weighted by molar-refractivity contribution is 0.0529. The molecule has 92 valence electrons. The number of rotatable bonds is 2. The van der Waals surface area contributed by atoms with Gasteiger partial charge in [-0.2, -0.15) is 5.10 Å². The third-order valence-electron chi connectivity index (χ3n) is 1.70. The van der Waals surface area contributed by atoms with Crippen LogP contribution in [0.25, 0.3) is 0 Å². The summed E-state index contributed by atoms with van der Waals surface area (Å²) in [4.78, 5) is 11.2. The van der Waals surface area contributed by atoms with Gasteiger partial charge in [0.05, 0.1) is 6.21 Å². The van der Waals surface area contributed by atoms with Gasteiger partial charge in [0.15, 0.2) is 0 Å². The Bertz CT molecular complexity index is 422. The molecule has 0 atom stereocenters. The number of nitrogens with zero attached hydrogens (tertiary/aromatic N) is 1. The molecule has 0 aliphatic carbocycles. The van der Waals surface area contributed by atoms with E-state index in [0.29, 0.717) is 5.56 Å². The molecule has 1 aromatic carbocycles. The van der Waals surface area contributed by atoms with E-state index < -0.39 is 11.7 Å². The summed E-state index contributed by atoms with van der Waals surface area (Å²) in [5.74, 6) is 0.0993. The second kappa shape index (κ2) is 5.34. The van der Waals surface area contributed by atoms with Gasteiger partial charge in [-0.1, -0.05) is 12.1 Å². The molecule has 0 spiro atoms. The average Bonchev–Trinajstić information content (AvgIpc) is 2.18. The van der Waals surface area contributed by atoms with Gasteiger partial charge < -0.3 is 9.84 Å². The molecule has 1 aromatic rings. The van der Waals surface area contributed by atoms with E-state index in [4.69, 9.17) is 4.74 Å². The third kappa shape index (κ3) is 5.01. The van der Waals surface area contributed by atoms with Crippen LogP contribution in [0.15, 0.2) is 29.4 Å². The molecule has 0 unspecified atom stereocenters. The predicted octanol–water partition coefficient (Wildman–Crippen LogP) is 2.25. The molecule has 1 rings (SSSR count). The minimum atomic E-state index is -0.635. The lowest BCUT2D eigenvalue weighted by Gasteiger charge is -2.18. The van der Waals surface area contributed by atoms with Gasteiger partial charge >= 0.3 is 6.09 Å². The molecule has 2 N–H and O–H groups in total. The molecule has 0 radical (unpaired) electrons. The molecule has 0 saturated carbocycles. The minimum absolute atomic E-state index is 0.0993. The fraction of sp³-hybridized carbons (Fsp3) is 0.333. The summed E-state index contributed by atoms with van der Waals surface area (Å²) < 4.78 is 4.98. The summed E-state index contributed by atoms with van der Waals surface area (Å²) in [6, 6.07) is 6.67. The number of carbonyl (C=O) groups excluding carboxylic acids is 1. The van der Waals surface area contributed by atoms with Crippen molar-refractivity contribution in [2.45, 2.75) is 26.4 Å². The van der Waals surface area contributed by atoms with Crippen molar-refractivity contribution in [2.75, 3.05) is 0 Å². The highest BCUT2D eigenvalue weighted by Gasteiger charge is 2.15. The maximum Gasteiger partial charge on any atom is 0.428 e. The predicted molar refractivity (Wildman–Crippen MR) is 65.1 cm³/mol. The van der Waals surface area contributed by atoms with Crippen molar-refractivity contribution in [1.29, 1.82) is 0 Å². The number of aromatic hydroxyl groups is 1. The Labute approximate surface area is 100 Å². The van der Waals surface area contributed by atoms with Crippen LogP contribution in [0.5, 0.6) is 5.75 Å². The van der Waals surface area contributed by atoms with Crippen LogP contribution in [0.3, 0.4) is 0 Å². The Hall–Kier alpha value is -2.04. The standard InChI is InChI=1S/C12H16N2O3/c1-12(2,3)17-11(16)14-13-8-9-6-4-5-7-10(9)15/h4-8,15H,1-3H3,(H,14,16)/b13-8+. The monoisotopic (exact) mass is 236 g/mol. The molecule has 0 heterocycles. The molecular weight excluding hydrogens is 220 g/mol. The number of para-hydroxylation sites is 1. The summed E-state index contributed by atoms with van der Waals surface area (Å²) in [7, 11) is 0. The average molecular weight is 236 g/mol. The molecule has 0 aliphatic rings. The fourth-order valence-corrected chi connectivity index (χ4v) is 1.05. The smallest absolute Gasteiger partial charge is 0.428 e. The Morgan fingerprint density at radius 1 is 1.41 bits per heavy atom. The third-order valence-corrected chi connectivity index (χ3v) is 1.70. The van der Waals surface area contributed by atoms with Gasteiger partial charge in [0.2, 0.25) is 0 Å². The number of phenols is 1. The molecule has 0 aromatic heterocycles. The van der Waals surface area contributed by atoms with Crippen molar-refractivity contribution < 1.29 is 14.6 Å². The van der Waals surface area contributed by atoms with E-state index in [1.54, 1.807) is 39.0 Å². The first kappa shape index (κ1) is 13.0. The summed E-state index contributed by atoms with van der Waals surface area (Å²) in [5, 5.41) is 13.1. The molecule has 0 aliphatic heterocycles. The number of hydrogen-bond acceptors (Lipinski definition) is 4. The van der Waals surface area contributed by atoms with Crippen molar-refractivity contribution in [3.63, 3.8) is 0 Å². The maximum atomic E-state index is 11.2. The Morgan fingerprint density at radius 3 is 2.65 bits per heavy atom. The number of hydrazone groups is 1. The Kier molecular flexibility index (Phi) is 4.09. The number of nitrogens with one attached hydrogen (secondary N) is 1. The van der Waals surface area contributed by atoms with Crippen LogP contribution < -0.4 is 5.43 Å². The van der Waals surface area contributed by atoms with Crippen molar-refractivity contribution in [3.05, 3.63) is 29.8 Å². The lowest BCUT2D eigenvalue weighted by atomic mass is 10.2. The van der Waals surface area contributed by atoms with Crippen molar-refractivity contribution in [3.8, 4) is 5.75 Å². The Morgan fingerprint density at radius 2 is 2.06 bits per heavy atom. The van der Waals surface area contributed by atoms with Gasteiger partial charge in [-0.25, -0.2) is 10.2 Å². The van der Waals surface area contributed by atoms with E-state index in [0.717, 1.165) is 0 Å². The van der Waals surface area contributed by atoms with E-state index in [-0.39, 0.29) is 5.75 Å². The van der Waals surface area contributed by atoms with Gasteiger partial charge in [-0.05, 0) is 32.9 Å². The van der Waals surface area contributed by atoms with Gasteiger partial charge in [-0.3, -0.25) is 0 Å². The van der Waals surface area contributed by atoms with E-state index in [2.05, 4.69) is 10.5 Å². The van der Waals surface area contributed by atoms with Gasteiger partial charge in [0.25, 0.3) is 0 Å². The number of ether oxygens (including phenoxy) is 1. The zero-order chi connectivity index (χ0) is 12.9. The van der Waals surface area contributed by atoms with E-state index >= 15 is 0 Å². The fourth-order valence-electron chi connectivity index (χ4n) is 1.05. The molecule has 0 fully saturated rings. The van der Waals surface area contributed by atoms with Gasteiger partial charge in [-0.15, -0.1) is 0 Å². The molecule has 5 nitrogen and oxygen atoms in total. The normalized spacial score (nSPS) is 11.5. The van der Waals surface area contributed by atoms with Crippen LogP contribution in [0.1, 0.15) is 26.3 Å². The first-order valence-corrected chi connectivity index (χ1v) is 5.18. The lowest BCUT2D eigenvalue weighted by Crippen LogP contribution is -2.29. The molecule has 0 saturated heterocycles. The molecule has 1 amide bonds. The minimum Gasteiger partial charge on any atom is -0.507 e. The second-order valence-corrected chi connectivity index (χ2v) is 4.43. The van der Waals surface area contributed by atoms with Crippen LogP contribution >= 0.6 is 0 Å². The van der Waals surface area contributed by atoms with Crippen LogP contribution in [0.4, 0.5) is 4.79 Å². The number of phenolic OH excluding ortho intramolecular Hbond substituents is 1. The molecule has 17 heavy (non-hydrogen) atoms. The highest BCUT2D eigenvalue weighted by atomic mass is 16.6. The first-order chi connectivity index (χ1) is 7.88. The van der Waals surface area contributed by atoms with Gasteiger partial charge in [0, 0.05) is 5.56 Å². The second-order valence-electron chi connectivity index (χ2n) is 4.43. The molecular formula is C12H16N2O3. The van der Waals surface area contributed by atoms with E-state index in [1.807, 2.05) is 0 Å². The van der Waals surface area contributed by atoms with Crippen LogP contribution in [0.2, 0.25) is 0 Å². The quantitative estimate of drug-likeness (QED) is 0.611. The zero-order valence-electron chi connectivity index (χ0n) is 10.1. The number of benzene rings is 1. The number of amides is 1. The van der Waals surface area contributed by atoms with Crippen molar-refractivity contribution in [1.82, 2.24) is 5.43 Å². The summed E-state index contributed by atoms with van der Waals surface area (Å²) in [6.07, 6.45) is 0.711. The largest absolute Gasteiger partial charge is 0.507 e. The topological polar surface area (TPSA) is 70.9 Å². The van der Waals surface area contributed by atoms with E-state index in [9.17, 15) is 9.90 Å².